The van der Waals surface area contributed by atoms with Gasteiger partial charge in [0, 0.05) is 25.2 Å². The molecule has 0 aliphatic carbocycles. The minimum atomic E-state index is -0.0947. The van der Waals surface area contributed by atoms with Gasteiger partial charge in [0.2, 0.25) is 0 Å². The Bertz CT molecular complexity index is 538. The van der Waals surface area contributed by atoms with Gasteiger partial charge in [-0.15, -0.1) is 11.3 Å². The van der Waals surface area contributed by atoms with Crippen LogP contribution in [0, 0.1) is 6.92 Å². The largest absolute Gasteiger partial charge is 0.383 e. The molecule has 0 spiro atoms. The second kappa shape index (κ2) is 5.20. The molecular weight excluding hydrogens is 238 g/mol. The van der Waals surface area contributed by atoms with Crippen LogP contribution in [0.1, 0.15) is 15.5 Å². The Morgan fingerprint density at radius 2 is 2.41 bits per heavy atom. The molecule has 2 heterocycles. The van der Waals surface area contributed by atoms with Crippen molar-refractivity contribution in [1.29, 1.82) is 0 Å². The minimum Gasteiger partial charge on any atom is -0.383 e. The van der Waals surface area contributed by atoms with E-state index in [2.05, 4.69) is 15.3 Å². The van der Waals surface area contributed by atoms with Gasteiger partial charge in [0.05, 0.1) is 11.5 Å². The normalized spacial score (nSPS) is 10.7. The highest BCUT2D eigenvalue weighted by molar-refractivity contribution is 7.20. The highest BCUT2D eigenvalue weighted by Crippen LogP contribution is 2.22. The number of aromatic nitrogens is 2. The summed E-state index contributed by atoms with van der Waals surface area (Å²) in [5, 5.41) is 3.67. The van der Waals surface area contributed by atoms with Crippen LogP contribution in [-0.2, 0) is 4.74 Å². The average Bonchev–Trinajstić information content (AvgIpc) is 2.72. The standard InChI is InChI=1S/C11H13N3O2S/c1-7-13-6-8-5-9(17-11(8)14-7)10(15)12-3-4-16-2/h5-6H,3-4H2,1-2H3,(H,12,15). The first-order chi connectivity index (χ1) is 8.20. The molecule has 2 rings (SSSR count). The van der Waals surface area contributed by atoms with Crippen molar-refractivity contribution in [1.82, 2.24) is 15.3 Å². The fraction of sp³-hybridized carbons (Fsp3) is 0.364. The van der Waals surface area contributed by atoms with Crippen LogP contribution >= 0.6 is 11.3 Å². The number of hydrogen-bond acceptors (Lipinski definition) is 5. The zero-order valence-electron chi connectivity index (χ0n) is 9.69. The van der Waals surface area contributed by atoms with E-state index < -0.39 is 0 Å². The van der Waals surface area contributed by atoms with E-state index in [9.17, 15) is 4.79 Å². The number of rotatable bonds is 4. The molecule has 0 unspecified atom stereocenters. The third-order valence-corrected chi connectivity index (χ3v) is 3.25. The van der Waals surface area contributed by atoms with E-state index in [1.165, 1.54) is 11.3 Å². The number of carbonyl (C=O) groups is 1. The van der Waals surface area contributed by atoms with Crippen molar-refractivity contribution in [2.75, 3.05) is 20.3 Å². The van der Waals surface area contributed by atoms with Gasteiger partial charge in [-0.1, -0.05) is 0 Å². The maximum atomic E-state index is 11.8. The summed E-state index contributed by atoms with van der Waals surface area (Å²) in [4.78, 5) is 21.6. The summed E-state index contributed by atoms with van der Waals surface area (Å²) < 4.78 is 4.87. The molecule has 0 saturated carbocycles. The first kappa shape index (κ1) is 11.9. The molecule has 1 amide bonds. The fourth-order valence-corrected chi connectivity index (χ4v) is 2.35. The first-order valence-electron chi connectivity index (χ1n) is 5.21. The quantitative estimate of drug-likeness (QED) is 0.834. The number of carbonyl (C=O) groups excluding carboxylic acids is 1. The fourth-order valence-electron chi connectivity index (χ4n) is 1.38. The molecule has 2 aromatic heterocycles. The summed E-state index contributed by atoms with van der Waals surface area (Å²) in [6.07, 6.45) is 1.74. The van der Waals surface area contributed by atoms with E-state index in [1.54, 1.807) is 13.3 Å². The average molecular weight is 251 g/mol. The van der Waals surface area contributed by atoms with Gasteiger partial charge in [0.25, 0.3) is 5.91 Å². The molecule has 5 nitrogen and oxygen atoms in total. The Morgan fingerprint density at radius 3 is 3.18 bits per heavy atom. The van der Waals surface area contributed by atoms with Crippen molar-refractivity contribution in [3.05, 3.63) is 23.0 Å². The number of fused-ring (bicyclic) bond motifs is 1. The minimum absolute atomic E-state index is 0.0947. The molecule has 1 N–H and O–H groups in total. The van der Waals surface area contributed by atoms with Crippen LogP contribution in [0.4, 0.5) is 0 Å². The number of methoxy groups -OCH3 is 1. The molecule has 6 heteroatoms. The maximum Gasteiger partial charge on any atom is 0.261 e. The predicted octanol–water partition coefficient (Wildman–Crippen LogP) is 1.38. The van der Waals surface area contributed by atoms with E-state index in [0.717, 1.165) is 10.2 Å². The molecule has 0 aliphatic heterocycles. The lowest BCUT2D eigenvalue weighted by Crippen LogP contribution is -2.26. The lowest BCUT2D eigenvalue weighted by Gasteiger charge is -2.00. The van der Waals surface area contributed by atoms with E-state index >= 15 is 0 Å². The SMILES string of the molecule is COCCNC(=O)c1cc2cnc(C)nc2s1. The van der Waals surface area contributed by atoms with Crippen molar-refractivity contribution < 1.29 is 9.53 Å². The van der Waals surface area contributed by atoms with E-state index in [0.29, 0.717) is 23.9 Å². The molecule has 0 radical (unpaired) electrons. The van der Waals surface area contributed by atoms with Crippen molar-refractivity contribution >= 4 is 27.5 Å². The molecule has 90 valence electrons. The van der Waals surface area contributed by atoms with Gasteiger partial charge in [0.15, 0.2) is 0 Å². The number of thiophene rings is 1. The Labute approximate surface area is 103 Å². The molecule has 0 aliphatic rings. The number of hydrogen-bond donors (Lipinski definition) is 1. The lowest BCUT2D eigenvalue weighted by molar-refractivity contribution is 0.0941. The molecule has 0 bridgehead atoms. The summed E-state index contributed by atoms with van der Waals surface area (Å²) >= 11 is 1.37. The monoisotopic (exact) mass is 251 g/mol. The number of nitrogens with zero attached hydrogens (tertiary/aromatic N) is 2. The molecule has 2 aromatic rings. The first-order valence-corrected chi connectivity index (χ1v) is 6.02. The van der Waals surface area contributed by atoms with Crippen LogP contribution in [0.15, 0.2) is 12.3 Å². The molecule has 0 aromatic carbocycles. The van der Waals surface area contributed by atoms with Gasteiger partial charge >= 0.3 is 0 Å². The number of aryl methyl sites for hydroxylation is 1. The van der Waals surface area contributed by atoms with E-state index in [1.807, 2.05) is 13.0 Å². The second-order valence-corrected chi connectivity index (χ2v) is 4.57. The molecule has 17 heavy (non-hydrogen) atoms. The number of nitrogens with one attached hydrogen (secondary N) is 1. The summed E-state index contributed by atoms with van der Waals surface area (Å²) in [5.74, 6) is 0.619. The lowest BCUT2D eigenvalue weighted by atomic mass is 10.3. The van der Waals surface area contributed by atoms with Gasteiger partial charge in [-0.3, -0.25) is 4.79 Å². The summed E-state index contributed by atoms with van der Waals surface area (Å²) in [6.45, 7) is 2.85. The van der Waals surface area contributed by atoms with Crippen molar-refractivity contribution in [2.45, 2.75) is 6.92 Å². The van der Waals surface area contributed by atoms with E-state index in [4.69, 9.17) is 4.74 Å². The third-order valence-electron chi connectivity index (χ3n) is 2.21. The van der Waals surface area contributed by atoms with Gasteiger partial charge in [-0.05, 0) is 13.0 Å². The second-order valence-electron chi connectivity index (χ2n) is 3.54. The Hall–Kier alpha value is -1.53. The van der Waals surface area contributed by atoms with Crippen LogP contribution in [0.3, 0.4) is 0 Å². The van der Waals surface area contributed by atoms with Crippen molar-refractivity contribution in [3.8, 4) is 0 Å². The number of ether oxygens (including phenoxy) is 1. The molecule has 0 atom stereocenters. The maximum absolute atomic E-state index is 11.8. The Balaban J connectivity index is 2.15. The molecule has 0 saturated heterocycles. The zero-order chi connectivity index (χ0) is 12.3. The Kier molecular flexibility index (Phi) is 3.65. The van der Waals surface area contributed by atoms with Crippen LogP contribution in [-0.4, -0.2) is 36.1 Å². The van der Waals surface area contributed by atoms with Gasteiger partial charge in [-0.25, -0.2) is 9.97 Å². The topological polar surface area (TPSA) is 64.1 Å². The summed E-state index contributed by atoms with van der Waals surface area (Å²) in [7, 11) is 1.60. The van der Waals surface area contributed by atoms with Gasteiger partial charge < -0.3 is 10.1 Å². The van der Waals surface area contributed by atoms with Crippen LogP contribution in [0.25, 0.3) is 10.2 Å². The molecular formula is C11H13N3O2S. The van der Waals surface area contributed by atoms with Crippen LogP contribution in [0.5, 0.6) is 0 Å². The summed E-state index contributed by atoms with van der Waals surface area (Å²) in [6, 6.07) is 1.81. The third kappa shape index (κ3) is 2.78. The van der Waals surface area contributed by atoms with E-state index in [-0.39, 0.29) is 5.91 Å². The van der Waals surface area contributed by atoms with Crippen LogP contribution in [0.2, 0.25) is 0 Å². The van der Waals surface area contributed by atoms with Crippen molar-refractivity contribution in [3.63, 3.8) is 0 Å². The van der Waals surface area contributed by atoms with Gasteiger partial charge in [0.1, 0.15) is 10.7 Å². The zero-order valence-corrected chi connectivity index (χ0v) is 10.5. The van der Waals surface area contributed by atoms with Gasteiger partial charge in [-0.2, -0.15) is 0 Å². The Morgan fingerprint density at radius 1 is 1.59 bits per heavy atom. The number of amides is 1. The summed E-state index contributed by atoms with van der Waals surface area (Å²) in [5.41, 5.74) is 0. The predicted molar refractivity (Wildman–Crippen MR) is 66.4 cm³/mol. The van der Waals surface area contributed by atoms with Crippen LogP contribution < -0.4 is 5.32 Å². The van der Waals surface area contributed by atoms with Crippen molar-refractivity contribution in [2.24, 2.45) is 0 Å². The smallest absolute Gasteiger partial charge is 0.261 e. The highest BCUT2D eigenvalue weighted by Gasteiger charge is 2.10. The highest BCUT2D eigenvalue weighted by atomic mass is 32.1. The molecule has 0 fully saturated rings.